The Labute approximate surface area is 202 Å². The highest BCUT2D eigenvalue weighted by molar-refractivity contribution is 5.94. The summed E-state index contributed by atoms with van der Waals surface area (Å²) < 4.78 is 0. The van der Waals surface area contributed by atoms with Crippen molar-refractivity contribution in [2.45, 2.75) is 69.2 Å². The van der Waals surface area contributed by atoms with Gasteiger partial charge in [-0.2, -0.15) is 5.10 Å². The second-order valence-corrected chi connectivity index (χ2v) is 10.1. The number of carbonyl (C=O) groups excluding carboxylic acids is 2. The summed E-state index contributed by atoms with van der Waals surface area (Å²) in [5.74, 6) is 1.21. The van der Waals surface area contributed by atoms with Gasteiger partial charge in [-0.1, -0.05) is 36.8 Å². The fraction of sp³-hybridized carbons (Fsp3) is 0.519. The third kappa shape index (κ3) is 6.56. The number of H-pyrrole nitrogens is 1. The van der Waals surface area contributed by atoms with Crippen molar-refractivity contribution < 1.29 is 9.59 Å². The predicted octanol–water partition coefficient (Wildman–Crippen LogP) is 4.29. The molecule has 1 heterocycles. The molecule has 2 saturated carbocycles. The average molecular weight is 464 g/mol. The molecule has 2 aromatic rings. The van der Waals surface area contributed by atoms with Gasteiger partial charge in [0.05, 0.1) is 5.92 Å². The van der Waals surface area contributed by atoms with E-state index in [1.807, 2.05) is 50.2 Å². The standard InChI is InChI=1S/C27H37N5O2/c1-18(27(34)29-25-17-24(30-31-25)19-12-13-19)20-7-4-8-21(15-20)22-9-5-10-23(16-22)28-26(33)11-6-14-32(2)3/h4,6-8,11,15,17-19,22-23H,5,9-10,12-14,16H2,1-3H3,(H,28,33)(H2,29,30,31,34)/b11-6+. The number of nitrogens with zero attached hydrogens (tertiary/aromatic N) is 2. The molecule has 3 N–H and O–H groups in total. The predicted molar refractivity (Wildman–Crippen MR) is 135 cm³/mol. The number of rotatable bonds is 9. The molecule has 2 aliphatic rings. The summed E-state index contributed by atoms with van der Waals surface area (Å²) in [4.78, 5) is 27.2. The summed E-state index contributed by atoms with van der Waals surface area (Å²) in [6, 6.07) is 10.5. The highest BCUT2D eigenvalue weighted by atomic mass is 16.2. The van der Waals surface area contributed by atoms with Crippen LogP contribution in [0.1, 0.15) is 80.0 Å². The first kappa shape index (κ1) is 24.2. The van der Waals surface area contributed by atoms with Gasteiger partial charge in [0.25, 0.3) is 0 Å². The lowest BCUT2D eigenvalue weighted by molar-refractivity contribution is -0.118. The highest BCUT2D eigenvalue weighted by Crippen LogP contribution is 2.39. The number of carbonyl (C=O) groups is 2. The topological polar surface area (TPSA) is 90.1 Å². The molecule has 1 aromatic carbocycles. The number of likely N-dealkylation sites (N-methyl/N-ethyl adjacent to an activating group) is 1. The summed E-state index contributed by atoms with van der Waals surface area (Å²) in [6.45, 7) is 2.69. The van der Waals surface area contributed by atoms with E-state index in [0.717, 1.165) is 43.5 Å². The molecular weight excluding hydrogens is 426 g/mol. The van der Waals surface area contributed by atoms with Crippen LogP contribution in [-0.4, -0.2) is 53.6 Å². The maximum atomic E-state index is 12.9. The minimum absolute atomic E-state index is 0.0187. The molecule has 0 aliphatic heterocycles. The van der Waals surface area contributed by atoms with Crippen LogP contribution in [0.3, 0.4) is 0 Å². The number of amides is 2. The minimum atomic E-state index is -0.276. The van der Waals surface area contributed by atoms with Crippen molar-refractivity contribution >= 4 is 17.6 Å². The zero-order valence-electron chi connectivity index (χ0n) is 20.5. The van der Waals surface area contributed by atoms with Crippen LogP contribution in [0.25, 0.3) is 0 Å². The van der Waals surface area contributed by atoms with Gasteiger partial charge in [0.2, 0.25) is 11.8 Å². The molecule has 4 rings (SSSR count). The fourth-order valence-corrected chi connectivity index (χ4v) is 4.72. The third-order valence-corrected chi connectivity index (χ3v) is 6.90. The molecule has 7 heteroatoms. The second kappa shape index (κ2) is 11.0. The average Bonchev–Trinajstić information content (AvgIpc) is 3.57. The van der Waals surface area contributed by atoms with Gasteiger partial charge >= 0.3 is 0 Å². The van der Waals surface area contributed by atoms with Crippen LogP contribution in [0, 0.1) is 0 Å². The van der Waals surface area contributed by atoms with Gasteiger partial charge < -0.3 is 15.5 Å². The molecule has 182 valence electrons. The summed E-state index contributed by atoms with van der Waals surface area (Å²) in [7, 11) is 3.96. The molecule has 7 nitrogen and oxygen atoms in total. The lowest BCUT2D eigenvalue weighted by Crippen LogP contribution is -2.37. The molecule has 1 aromatic heterocycles. The highest BCUT2D eigenvalue weighted by Gasteiger charge is 2.27. The molecule has 0 bridgehead atoms. The van der Waals surface area contributed by atoms with E-state index in [9.17, 15) is 9.59 Å². The molecule has 2 aliphatic carbocycles. The van der Waals surface area contributed by atoms with E-state index in [1.165, 1.54) is 18.4 Å². The van der Waals surface area contributed by atoms with Crippen molar-refractivity contribution in [1.29, 1.82) is 0 Å². The number of benzene rings is 1. The van der Waals surface area contributed by atoms with Gasteiger partial charge in [-0.25, -0.2) is 0 Å². The van der Waals surface area contributed by atoms with E-state index < -0.39 is 0 Å². The van der Waals surface area contributed by atoms with Crippen LogP contribution in [0.15, 0.2) is 42.5 Å². The molecule has 2 fully saturated rings. The van der Waals surface area contributed by atoms with Gasteiger partial charge in [-0.3, -0.25) is 14.7 Å². The van der Waals surface area contributed by atoms with Crippen molar-refractivity contribution in [2.24, 2.45) is 0 Å². The molecule has 0 spiro atoms. The lowest BCUT2D eigenvalue weighted by Gasteiger charge is -2.30. The molecular formula is C27H37N5O2. The first-order valence-corrected chi connectivity index (χ1v) is 12.5. The van der Waals surface area contributed by atoms with Crippen LogP contribution in [0.2, 0.25) is 0 Å². The molecule has 0 radical (unpaired) electrons. The van der Waals surface area contributed by atoms with Crippen LogP contribution in [-0.2, 0) is 9.59 Å². The van der Waals surface area contributed by atoms with E-state index in [1.54, 1.807) is 6.08 Å². The van der Waals surface area contributed by atoms with Crippen molar-refractivity contribution in [2.75, 3.05) is 26.0 Å². The Bertz CT molecular complexity index is 1020. The normalized spacial score (nSPS) is 21.5. The van der Waals surface area contributed by atoms with Crippen molar-refractivity contribution in [1.82, 2.24) is 20.4 Å². The quantitative estimate of drug-likeness (QED) is 0.484. The minimum Gasteiger partial charge on any atom is -0.350 e. The van der Waals surface area contributed by atoms with Gasteiger partial charge in [-0.05, 0) is 70.2 Å². The Morgan fingerprint density at radius 1 is 1.18 bits per heavy atom. The van der Waals surface area contributed by atoms with Crippen LogP contribution >= 0.6 is 0 Å². The van der Waals surface area contributed by atoms with E-state index in [4.69, 9.17) is 0 Å². The first-order valence-electron chi connectivity index (χ1n) is 12.5. The van der Waals surface area contributed by atoms with Crippen molar-refractivity contribution in [3.8, 4) is 0 Å². The molecule has 3 unspecified atom stereocenters. The first-order chi connectivity index (χ1) is 16.4. The number of aromatic nitrogens is 2. The number of hydrogen-bond acceptors (Lipinski definition) is 4. The number of hydrogen-bond donors (Lipinski definition) is 3. The second-order valence-electron chi connectivity index (χ2n) is 10.1. The molecule has 3 atom stereocenters. The summed E-state index contributed by atoms with van der Waals surface area (Å²) in [5.41, 5.74) is 3.36. The number of anilines is 1. The van der Waals surface area contributed by atoms with E-state index in [0.29, 0.717) is 17.7 Å². The maximum absolute atomic E-state index is 12.9. The Morgan fingerprint density at radius 2 is 2.00 bits per heavy atom. The zero-order chi connectivity index (χ0) is 24.1. The molecule has 2 amide bonds. The van der Waals surface area contributed by atoms with Crippen LogP contribution in [0.5, 0.6) is 0 Å². The summed E-state index contributed by atoms with van der Waals surface area (Å²) >= 11 is 0. The monoisotopic (exact) mass is 463 g/mol. The lowest BCUT2D eigenvalue weighted by atomic mass is 9.80. The maximum Gasteiger partial charge on any atom is 0.243 e. The summed E-state index contributed by atoms with van der Waals surface area (Å²) in [5, 5.41) is 13.4. The van der Waals surface area contributed by atoms with Crippen molar-refractivity contribution in [3.63, 3.8) is 0 Å². The number of aromatic amines is 1. The molecule has 34 heavy (non-hydrogen) atoms. The van der Waals surface area contributed by atoms with Gasteiger partial charge in [0.15, 0.2) is 5.82 Å². The van der Waals surface area contributed by atoms with E-state index in [-0.39, 0.29) is 23.8 Å². The Balaban J connectivity index is 1.34. The van der Waals surface area contributed by atoms with Gasteiger partial charge in [0.1, 0.15) is 0 Å². The molecule has 0 saturated heterocycles. The zero-order valence-corrected chi connectivity index (χ0v) is 20.5. The smallest absolute Gasteiger partial charge is 0.243 e. The van der Waals surface area contributed by atoms with Crippen molar-refractivity contribution in [3.05, 3.63) is 59.3 Å². The van der Waals surface area contributed by atoms with E-state index >= 15 is 0 Å². The van der Waals surface area contributed by atoms with Gasteiger partial charge in [0, 0.05) is 36.3 Å². The fourth-order valence-electron chi connectivity index (χ4n) is 4.72. The van der Waals surface area contributed by atoms with Gasteiger partial charge in [-0.15, -0.1) is 0 Å². The number of nitrogens with one attached hydrogen (secondary N) is 3. The third-order valence-electron chi connectivity index (χ3n) is 6.90. The summed E-state index contributed by atoms with van der Waals surface area (Å²) in [6.07, 6.45) is 10.0. The van der Waals surface area contributed by atoms with E-state index in [2.05, 4.69) is 33.0 Å². The van der Waals surface area contributed by atoms with Crippen LogP contribution < -0.4 is 10.6 Å². The Hall–Kier alpha value is -2.93. The largest absolute Gasteiger partial charge is 0.350 e. The van der Waals surface area contributed by atoms with Crippen LogP contribution in [0.4, 0.5) is 5.82 Å². The Morgan fingerprint density at radius 3 is 2.76 bits per heavy atom. The Kier molecular flexibility index (Phi) is 7.83. The SMILES string of the molecule is CC(C(=O)Nc1cc(C2CC2)[nH]n1)c1cccc(C2CCCC(NC(=O)/C=C/CN(C)C)C2)c1.